The number of hydrogen-bond donors (Lipinski definition) is 1. The van der Waals surface area contributed by atoms with Crippen molar-refractivity contribution in [3.63, 3.8) is 0 Å². The standard InChI is InChI=1S/C16H18ClFN2S/c1-9(2)19-8-14-15(10-3-4-10)20-16(21-14)11-5-6-13(18)12(17)7-11/h5-7,9-10,19H,3-4,8H2,1-2H3. The summed E-state index contributed by atoms with van der Waals surface area (Å²) in [4.78, 5) is 6.08. The summed E-state index contributed by atoms with van der Waals surface area (Å²) in [7, 11) is 0. The average molecular weight is 325 g/mol. The van der Waals surface area contributed by atoms with Gasteiger partial charge in [0.05, 0.1) is 10.7 Å². The fourth-order valence-corrected chi connectivity index (χ4v) is 3.49. The maximum absolute atomic E-state index is 13.3. The van der Waals surface area contributed by atoms with Crippen LogP contribution in [0.5, 0.6) is 0 Å². The molecule has 2 aromatic rings. The van der Waals surface area contributed by atoms with Crippen LogP contribution in [0.2, 0.25) is 5.02 Å². The molecule has 1 aromatic heterocycles. The minimum Gasteiger partial charge on any atom is -0.310 e. The maximum atomic E-state index is 13.3. The van der Waals surface area contributed by atoms with Gasteiger partial charge >= 0.3 is 0 Å². The van der Waals surface area contributed by atoms with Gasteiger partial charge in [0.1, 0.15) is 10.8 Å². The third-order valence-electron chi connectivity index (χ3n) is 3.53. The summed E-state index contributed by atoms with van der Waals surface area (Å²) in [6, 6.07) is 5.26. The molecule has 2 nitrogen and oxygen atoms in total. The molecule has 1 aliphatic carbocycles. The van der Waals surface area contributed by atoms with Crippen LogP contribution in [0.25, 0.3) is 10.6 Å². The summed E-state index contributed by atoms with van der Waals surface area (Å²) in [5.74, 6) is 0.218. The number of halogens is 2. The summed E-state index contributed by atoms with van der Waals surface area (Å²) in [5, 5.41) is 4.53. The molecule has 21 heavy (non-hydrogen) atoms. The highest BCUT2D eigenvalue weighted by atomic mass is 35.5. The third-order valence-corrected chi connectivity index (χ3v) is 4.94. The number of rotatable bonds is 5. The smallest absolute Gasteiger partial charge is 0.141 e. The molecule has 0 aliphatic heterocycles. The van der Waals surface area contributed by atoms with Crippen molar-refractivity contribution < 1.29 is 4.39 Å². The molecule has 0 amide bonds. The van der Waals surface area contributed by atoms with E-state index in [1.165, 1.54) is 29.5 Å². The molecular formula is C16H18ClFN2S. The first-order valence-electron chi connectivity index (χ1n) is 7.23. The highest BCUT2D eigenvalue weighted by Gasteiger charge is 2.29. The number of aromatic nitrogens is 1. The summed E-state index contributed by atoms with van der Waals surface area (Å²) in [6.07, 6.45) is 2.45. The Morgan fingerprint density at radius 1 is 1.43 bits per heavy atom. The van der Waals surface area contributed by atoms with Gasteiger partial charge in [0.2, 0.25) is 0 Å². The van der Waals surface area contributed by atoms with Gasteiger partial charge in [-0.1, -0.05) is 25.4 Å². The lowest BCUT2D eigenvalue weighted by molar-refractivity contribution is 0.590. The van der Waals surface area contributed by atoms with Crippen molar-refractivity contribution in [1.82, 2.24) is 10.3 Å². The van der Waals surface area contributed by atoms with Crippen molar-refractivity contribution in [3.05, 3.63) is 39.6 Å². The van der Waals surface area contributed by atoms with E-state index in [1.54, 1.807) is 23.5 Å². The zero-order valence-corrected chi connectivity index (χ0v) is 13.7. The number of thiazole rings is 1. The van der Waals surface area contributed by atoms with E-state index in [-0.39, 0.29) is 10.8 Å². The van der Waals surface area contributed by atoms with E-state index in [4.69, 9.17) is 16.6 Å². The monoisotopic (exact) mass is 324 g/mol. The molecule has 0 unspecified atom stereocenters. The van der Waals surface area contributed by atoms with Crippen molar-refractivity contribution in [1.29, 1.82) is 0 Å². The van der Waals surface area contributed by atoms with Gasteiger partial charge < -0.3 is 5.32 Å². The Labute approximate surface area is 133 Å². The van der Waals surface area contributed by atoms with Crippen LogP contribution in [-0.4, -0.2) is 11.0 Å². The van der Waals surface area contributed by atoms with Crippen molar-refractivity contribution in [2.24, 2.45) is 0 Å². The zero-order chi connectivity index (χ0) is 15.0. The average Bonchev–Trinajstić information content (AvgIpc) is 3.20. The van der Waals surface area contributed by atoms with Crippen molar-refractivity contribution in [3.8, 4) is 10.6 Å². The van der Waals surface area contributed by atoms with Crippen molar-refractivity contribution in [2.45, 2.75) is 45.2 Å². The Kier molecular flexibility index (Phi) is 4.29. The second-order valence-corrected chi connectivity index (χ2v) is 7.26. The van der Waals surface area contributed by atoms with Crippen LogP contribution in [-0.2, 0) is 6.54 Å². The lowest BCUT2D eigenvalue weighted by Gasteiger charge is -2.07. The van der Waals surface area contributed by atoms with Gasteiger partial charge in [-0.2, -0.15) is 0 Å². The first-order chi connectivity index (χ1) is 10.0. The number of hydrogen-bond acceptors (Lipinski definition) is 3. The first-order valence-corrected chi connectivity index (χ1v) is 8.42. The van der Waals surface area contributed by atoms with Gasteiger partial charge in [-0.05, 0) is 31.0 Å². The molecule has 0 spiro atoms. The Hall–Kier alpha value is -0.970. The molecule has 1 aliphatic rings. The molecule has 0 atom stereocenters. The van der Waals surface area contributed by atoms with Gasteiger partial charge in [0.25, 0.3) is 0 Å². The molecule has 112 valence electrons. The van der Waals surface area contributed by atoms with Crippen LogP contribution in [0.15, 0.2) is 18.2 Å². The van der Waals surface area contributed by atoms with E-state index in [0.717, 1.165) is 17.1 Å². The van der Waals surface area contributed by atoms with E-state index >= 15 is 0 Å². The number of nitrogens with zero attached hydrogens (tertiary/aromatic N) is 1. The van der Waals surface area contributed by atoms with E-state index in [2.05, 4.69) is 19.2 Å². The molecule has 1 heterocycles. The molecule has 1 aromatic carbocycles. The molecule has 1 fully saturated rings. The number of benzene rings is 1. The minimum atomic E-state index is -0.388. The molecule has 3 rings (SSSR count). The molecule has 0 saturated heterocycles. The van der Waals surface area contributed by atoms with E-state index in [0.29, 0.717) is 12.0 Å². The van der Waals surface area contributed by atoms with Crippen LogP contribution in [0.3, 0.4) is 0 Å². The predicted molar refractivity (Wildman–Crippen MR) is 86.5 cm³/mol. The highest BCUT2D eigenvalue weighted by molar-refractivity contribution is 7.15. The van der Waals surface area contributed by atoms with Gasteiger partial charge in [-0.15, -0.1) is 11.3 Å². The van der Waals surface area contributed by atoms with Crippen LogP contribution in [0.1, 0.15) is 43.2 Å². The summed E-state index contributed by atoms with van der Waals surface area (Å²) >= 11 is 7.56. The second-order valence-electron chi connectivity index (χ2n) is 5.77. The minimum absolute atomic E-state index is 0.150. The van der Waals surface area contributed by atoms with Crippen molar-refractivity contribution in [2.75, 3.05) is 0 Å². The highest BCUT2D eigenvalue weighted by Crippen LogP contribution is 2.44. The SMILES string of the molecule is CC(C)NCc1sc(-c2ccc(F)c(Cl)c2)nc1C1CC1. The largest absolute Gasteiger partial charge is 0.310 e. The molecule has 5 heteroatoms. The molecule has 0 radical (unpaired) electrons. The Morgan fingerprint density at radius 3 is 2.81 bits per heavy atom. The van der Waals surface area contributed by atoms with Gasteiger partial charge in [0, 0.05) is 28.9 Å². The van der Waals surface area contributed by atoms with Crippen LogP contribution >= 0.6 is 22.9 Å². The van der Waals surface area contributed by atoms with E-state index in [1.807, 2.05) is 0 Å². The lowest BCUT2D eigenvalue weighted by atomic mass is 10.2. The van der Waals surface area contributed by atoms with Gasteiger partial charge in [-0.25, -0.2) is 9.37 Å². The zero-order valence-electron chi connectivity index (χ0n) is 12.1. The normalized spacial score (nSPS) is 14.9. The Morgan fingerprint density at radius 2 is 2.19 bits per heavy atom. The Balaban J connectivity index is 1.91. The fourth-order valence-electron chi connectivity index (χ4n) is 2.22. The number of nitrogens with one attached hydrogen (secondary N) is 1. The maximum Gasteiger partial charge on any atom is 0.141 e. The molecule has 1 saturated carbocycles. The van der Waals surface area contributed by atoms with Crippen molar-refractivity contribution >= 4 is 22.9 Å². The van der Waals surface area contributed by atoms with Crippen LogP contribution < -0.4 is 5.32 Å². The van der Waals surface area contributed by atoms with Gasteiger partial charge in [0.15, 0.2) is 0 Å². The summed E-state index contributed by atoms with van der Waals surface area (Å²) in [5.41, 5.74) is 2.10. The third kappa shape index (κ3) is 3.44. The fraction of sp³-hybridized carbons (Fsp3) is 0.438. The molecule has 1 N–H and O–H groups in total. The second kappa shape index (κ2) is 6.03. The Bertz CT molecular complexity index is 650. The van der Waals surface area contributed by atoms with E-state index < -0.39 is 0 Å². The molecular weight excluding hydrogens is 307 g/mol. The van der Waals surface area contributed by atoms with Gasteiger partial charge in [-0.3, -0.25) is 0 Å². The summed E-state index contributed by atoms with van der Waals surface area (Å²) in [6.45, 7) is 5.12. The van der Waals surface area contributed by atoms with Crippen LogP contribution in [0.4, 0.5) is 4.39 Å². The summed E-state index contributed by atoms with van der Waals surface area (Å²) < 4.78 is 13.3. The lowest BCUT2D eigenvalue weighted by Crippen LogP contribution is -2.21. The quantitative estimate of drug-likeness (QED) is 0.839. The first kappa shape index (κ1) is 14.9. The topological polar surface area (TPSA) is 24.9 Å². The predicted octanol–water partition coefficient (Wildman–Crippen LogP) is 4.98. The molecule has 0 bridgehead atoms. The van der Waals surface area contributed by atoms with E-state index in [9.17, 15) is 4.39 Å². The van der Waals surface area contributed by atoms with Crippen LogP contribution in [0, 0.1) is 5.82 Å².